The van der Waals surface area contributed by atoms with Gasteiger partial charge in [-0.15, -0.1) is 0 Å². The van der Waals surface area contributed by atoms with Crippen molar-refractivity contribution in [2.24, 2.45) is 0 Å². The molecule has 1 heterocycles. The van der Waals surface area contributed by atoms with Crippen molar-refractivity contribution in [1.82, 2.24) is 4.90 Å². The maximum absolute atomic E-state index is 13.2. The molecule has 0 radical (unpaired) electrons. The lowest BCUT2D eigenvalue weighted by Gasteiger charge is -2.21. The first-order valence-electron chi connectivity index (χ1n) is 5.35. The number of fused-ring (bicyclic) bond motifs is 1. The van der Waals surface area contributed by atoms with Gasteiger partial charge in [0.1, 0.15) is 5.83 Å². The van der Waals surface area contributed by atoms with Crippen molar-refractivity contribution in [2.75, 3.05) is 6.54 Å². The van der Waals surface area contributed by atoms with Gasteiger partial charge in [-0.05, 0) is 32.4 Å². The zero-order chi connectivity index (χ0) is 11.7. The number of rotatable bonds is 2. The number of halogens is 1. The fourth-order valence-corrected chi connectivity index (χ4v) is 3.35. The Hall–Kier alpha value is -1.03. The Morgan fingerprint density at radius 2 is 2.50 bits per heavy atom. The molecule has 0 aromatic rings. The van der Waals surface area contributed by atoms with Gasteiger partial charge >= 0.3 is 0 Å². The Morgan fingerprint density at radius 3 is 3.12 bits per heavy atom. The molecule has 1 aliphatic heterocycles. The van der Waals surface area contributed by atoms with E-state index in [4.69, 9.17) is 0 Å². The molecule has 0 aromatic carbocycles. The Morgan fingerprint density at radius 1 is 1.75 bits per heavy atom. The van der Waals surface area contributed by atoms with Crippen LogP contribution in [0.3, 0.4) is 0 Å². The number of nitrogens with zero attached hydrogens (tertiary/aromatic N) is 1. The van der Waals surface area contributed by atoms with Gasteiger partial charge in [0.05, 0.1) is 10.3 Å². The van der Waals surface area contributed by atoms with Crippen molar-refractivity contribution in [3.63, 3.8) is 0 Å². The summed E-state index contributed by atoms with van der Waals surface area (Å²) >= 11 is 1.64. The van der Waals surface area contributed by atoms with Gasteiger partial charge in [-0.1, -0.05) is 11.8 Å². The van der Waals surface area contributed by atoms with Gasteiger partial charge in [-0.25, -0.2) is 4.39 Å². The van der Waals surface area contributed by atoms with E-state index in [1.165, 1.54) is 6.92 Å². The molecule has 0 aromatic heterocycles. The maximum atomic E-state index is 13.2. The Bertz CT molecular complexity index is 411. The molecule has 2 nitrogen and oxygen atoms in total. The molecule has 0 N–H and O–H groups in total. The van der Waals surface area contributed by atoms with Gasteiger partial charge in [0.15, 0.2) is 5.78 Å². The number of carbonyl (C=O) groups excluding carboxylic acids is 1. The third-order valence-corrected chi connectivity index (χ3v) is 3.92. The Kier molecular flexibility index (Phi) is 3.19. The van der Waals surface area contributed by atoms with Crippen molar-refractivity contribution in [2.45, 2.75) is 25.5 Å². The van der Waals surface area contributed by atoms with Crippen molar-refractivity contribution < 1.29 is 9.18 Å². The molecule has 86 valence electrons. The second-order valence-electron chi connectivity index (χ2n) is 3.84. The van der Waals surface area contributed by atoms with E-state index in [-0.39, 0.29) is 16.9 Å². The number of thioether (sulfide) groups is 1. The molecule has 1 saturated heterocycles. The van der Waals surface area contributed by atoms with Crippen LogP contribution in [0.5, 0.6) is 0 Å². The molecule has 1 fully saturated rings. The highest BCUT2D eigenvalue weighted by Gasteiger charge is 2.33. The van der Waals surface area contributed by atoms with Gasteiger partial charge in [0.25, 0.3) is 0 Å². The predicted molar refractivity (Wildman–Crippen MR) is 64.4 cm³/mol. The van der Waals surface area contributed by atoms with E-state index in [1.807, 2.05) is 11.8 Å². The monoisotopic (exact) mass is 239 g/mol. The van der Waals surface area contributed by atoms with Crippen LogP contribution in [0, 0.1) is 0 Å². The molecule has 1 atom stereocenters. The van der Waals surface area contributed by atoms with E-state index in [1.54, 1.807) is 30.0 Å². The molecule has 1 unspecified atom stereocenters. The standard InChI is InChI=1S/C12H14FNOS/c1-3-14-10-7-9(13)4-5-11(10)16-12(14)6-8(2)15/h4,6-7,11H,3,5H2,1-2H3/b12-6-. The van der Waals surface area contributed by atoms with Crippen LogP contribution >= 0.6 is 11.8 Å². The van der Waals surface area contributed by atoms with Crippen molar-refractivity contribution in [1.29, 1.82) is 0 Å². The van der Waals surface area contributed by atoms with Crippen molar-refractivity contribution >= 4 is 17.5 Å². The van der Waals surface area contributed by atoms with E-state index in [0.717, 1.165) is 17.3 Å². The second-order valence-corrected chi connectivity index (χ2v) is 5.06. The molecule has 16 heavy (non-hydrogen) atoms. The summed E-state index contributed by atoms with van der Waals surface area (Å²) in [5.74, 6) is -0.136. The van der Waals surface area contributed by atoms with Crippen LogP contribution in [0.4, 0.5) is 4.39 Å². The molecule has 2 rings (SSSR count). The third kappa shape index (κ3) is 2.07. The maximum Gasteiger partial charge on any atom is 0.155 e. The number of hydrogen-bond acceptors (Lipinski definition) is 3. The molecule has 0 spiro atoms. The van der Waals surface area contributed by atoms with Crippen LogP contribution in [0.1, 0.15) is 20.3 Å². The van der Waals surface area contributed by atoms with Gasteiger partial charge < -0.3 is 4.90 Å². The lowest BCUT2D eigenvalue weighted by atomic mass is 10.1. The first-order valence-corrected chi connectivity index (χ1v) is 6.23. The van der Waals surface area contributed by atoms with Crippen LogP contribution in [0.2, 0.25) is 0 Å². The summed E-state index contributed by atoms with van der Waals surface area (Å²) in [5, 5.41) is 1.21. The molecular formula is C12H14FNOS. The summed E-state index contributed by atoms with van der Waals surface area (Å²) in [4.78, 5) is 13.1. The summed E-state index contributed by atoms with van der Waals surface area (Å²) in [6.07, 6.45) is 5.51. The average molecular weight is 239 g/mol. The lowest BCUT2D eigenvalue weighted by Crippen LogP contribution is -2.20. The number of hydrogen-bond donors (Lipinski definition) is 0. The fourth-order valence-electron chi connectivity index (χ4n) is 1.95. The minimum atomic E-state index is -0.172. The van der Waals surface area contributed by atoms with E-state index in [2.05, 4.69) is 0 Å². The molecule has 2 aliphatic rings. The summed E-state index contributed by atoms with van der Waals surface area (Å²) < 4.78 is 13.2. The molecule has 1 aliphatic carbocycles. The lowest BCUT2D eigenvalue weighted by molar-refractivity contribution is -0.112. The molecule has 0 amide bonds. The van der Waals surface area contributed by atoms with Gasteiger partial charge in [0.2, 0.25) is 0 Å². The van der Waals surface area contributed by atoms with Crippen LogP contribution in [0.15, 0.2) is 34.8 Å². The van der Waals surface area contributed by atoms with E-state index >= 15 is 0 Å². The SMILES string of the molecule is CCN1C2=CC(F)=CCC2S/C1=C\C(C)=O. The van der Waals surface area contributed by atoms with Gasteiger partial charge in [-0.3, -0.25) is 4.79 Å². The number of ketones is 1. The molecule has 0 saturated carbocycles. The number of carbonyl (C=O) groups is 1. The topological polar surface area (TPSA) is 20.3 Å². The van der Waals surface area contributed by atoms with Crippen molar-refractivity contribution in [3.8, 4) is 0 Å². The smallest absolute Gasteiger partial charge is 0.155 e. The van der Waals surface area contributed by atoms with E-state index < -0.39 is 0 Å². The van der Waals surface area contributed by atoms with Crippen LogP contribution in [-0.4, -0.2) is 22.5 Å². The molecular weight excluding hydrogens is 225 g/mol. The minimum absolute atomic E-state index is 0.0358. The van der Waals surface area contributed by atoms with Gasteiger partial charge in [0, 0.05) is 18.3 Å². The first-order chi connectivity index (χ1) is 7.61. The summed E-state index contributed by atoms with van der Waals surface area (Å²) in [7, 11) is 0. The summed E-state index contributed by atoms with van der Waals surface area (Å²) in [6, 6.07) is 0. The number of allylic oxidation sites excluding steroid dienone is 4. The first kappa shape index (κ1) is 11.5. The third-order valence-electron chi connectivity index (χ3n) is 2.63. The second kappa shape index (κ2) is 4.45. The zero-order valence-electron chi connectivity index (χ0n) is 9.37. The van der Waals surface area contributed by atoms with Gasteiger partial charge in [-0.2, -0.15) is 0 Å². The highest BCUT2D eigenvalue weighted by Crippen LogP contribution is 2.45. The van der Waals surface area contributed by atoms with E-state index in [9.17, 15) is 9.18 Å². The largest absolute Gasteiger partial charge is 0.339 e. The predicted octanol–water partition coefficient (Wildman–Crippen LogP) is 3.00. The average Bonchev–Trinajstić information content (AvgIpc) is 2.53. The molecule has 4 heteroatoms. The summed E-state index contributed by atoms with van der Waals surface area (Å²) in [6.45, 7) is 4.31. The quantitative estimate of drug-likeness (QED) is 0.691. The fraction of sp³-hybridized carbons (Fsp3) is 0.417. The van der Waals surface area contributed by atoms with Crippen LogP contribution in [-0.2, 0) is 4.79 Å². The normalized spacial score (nSPS) is 26.6. The minimum Gasteiger partial charge on any atom is -0.339 e. The Labute approximate surface area is 98.9 Å². The van der Waals surface area contributed by atoms with Crippen LogP contribution in [0.25, 0.3) is 0 Å². The zero-order valence-corrected chi connectivity index (χ0v) is 10.2. The van der Waals surface area contributed by atoms with E-state index in [0.29, 0.717) is 6.42 Å². The molecule has 0 bridgehead atoms. The van der Waals surface area contributed by atoms with Crippen LogP contribution < -0.4 is 0 Å². The Balaban J connectivity index is 2.32. The summed E-state index contributed by atoms with van der Waals surface area (Å²) in [5.41, 5.74) is 0.986. The highest BCUT2D eigenvalue weighted by molar-refractivity contribution is 8.04. The van der Waals surface area contributed by atoms with Crippen molar-refractivity contribution in [3.05, 3.63) is 34.8 Å². The highest BCUT2D eigenvalue weighted by atomic mass is 32.2.